The van der Waals surface area contributed by atoms with Gasteiger partial charge in [0.1, 0.15) is 0 Å². The summed E-state index contributed by atoms with van der Waals surface area (Å²) < 4.78 is 1.10. The van der Waals surface area contributed by atoms with E-state index < -0.39 is 0 Å². The Bertz CT molecular complexity index is 633. The number of nitrogens with zero attached hydrogens (tertiary/aromatic N) is 1. The first-order valence-corrected chi connectivity index (χ1v) is 8.91. The molecule has 2 aromatic carbocycles. The molecule has 0 atom stereocenters. The predicted molar refractivity (Wildman–Crippen MR) is 92.7 cm³/mol. The Hall–Kier alpha value is -2.05. The van der Waals surface area contributed by atoms with Crippen molar-refractivity contribution in [1.29, 1.82) is 0 Å². The van der Waals surface area contributed by atoms with Crippen LogP contribution in [0.4, 0.5) is 4.79 Å². The molecule has 0 radical (unpaired) electrons. The van der Waals surface area contributed by atoms with E-state index in [0.29, 0.717) is 6.54 Å². The number of hydrogen-bond acceptors (Lipinski definition) is 1. The van der Waals surface area contributed by atoms with Crippen molar-refractivity contribution in [2.24, 2.45) is 0 Å². The molecule has 0 aliphatic rings. The van der Waals surface area contributed by atoms with Gasteiger partial charge >= 0.3 is 138 Å². The van der Waals surface area contributed by atoms with Gasteiger partial charge in [-0.25, -0.2) is 0 Å². The molecule has 2 aromatic rings. The van der Waals surface area contributed by atoms with Gasteiger partial charge in [0, 0.05) is 0 Å². The van der Waals surface area contributed by atoms with Crippen molar-refractivity contribution >= 4 is 24.2 Å². The number of rotatable bonds is 7. The molecular formula is C19H19NOSe. The Labute approximate surface area is 138 Å². The Kier molecular flexibility index (Phi) is 6.73. The van der Waals surface area contributed by atoms with Crippen molar-refractivity contribution in [3.8, 4) is 0 Å². The molecule has 0 saturated heterocycles. The Morgan fingerprint density at radius 2 is 1.73 bits per heavy atom. The van der Waals surface area contributed by atoms with E-state index in [0.717, 1.165) is 17.4 Å². The summed E-state index contributed by atoms with van der Waals surface area (Å²) >= 11 is -0.188. The second-order valence-electron chi connectivity index (χ2n) is 4.77. The molecule has 0 N–H and O–H groups in total. The summed E-state index contributed by atoms with van der Waals surface area (Å²) in [4.78, 5) is 14.6. The van der Waals surface area contributed by atoms with Crippen LogP contribution in [0.1, 0.15) is 5.56 Å². The summed E-state index contributed by atoms with van der Waals surface area (Å²) in [7, 11) is 0. The molecule has 0 unspecified atom stereocenters. The van der Waals surface area contributed by atoms with Crippen molar-refractivity contribution in [3.63, 3.8) is 0 Å². The summed E-state index contributed by atoms with van der Waals surface area (Å²) in [5.41, 5.74) is 4.00. The third-order valence-electron chi connectivity index (χ3n) is 3.18. The van der Waals surface area contributed by atoms with Gasteiger partial charge < -0.3 is 0 Å². The molecule has 0 aliphatic carbocycles. The molecule has 112 valence electrons. The molecule has 1 amide bonds. The number of benzene rings is 2. The van der Waals surface area contributed by atoms with Crippen molar-refractivity contribution in [2.45, 2.75) is 6.42 Å². The van der Waals surface area contributed by atoms with Gasteiger partial charge in [0.25, 0.3) is 0 Å². The van der Waals surface area contributed by atoms with E-state index in [2.05, 4.69) is 24.4 Å². The monoisotopic (exact) mass is 357 g/mol. The van der Waals surface area contributed by atoms with E-state index in [1.54, 1.807) is 0 Å². The second kappa shape index (κ2) is 9.07. The first-order valence-electron chi connectivity index (χ1n) is 7.19. The molecule has 0 bridgehead atoms. The Morgan fingerprint density at radius 1 is 1.09 bits per heavy atom. The van der Waals surface area contributed by atoms with Crippen LogP contribution in [0.25, 0.3) is 0 Å². The molecule has 2 nitrogen and oxygen atoms in total. The van der Waals surface area contributed by atoms with Crippen LogP contribution >= 0.6 is 0 Å². The van der Waals surface area contributed by atoms with E-state index in [1.807, 2.05) is 59.5 Å². The van der Waals surface area contributed by atoms with E-state index in [-0.39, 0.29) is 19.8 Å². The number of carbonyl (C=O) groups excluding carboxylic acids is 1. The van der Waals surface area contributed by atoms with Gasteiger partial charge in [0.15, 0.2) is 0 Å². The number of hydrogen-bond donors (Lipinski definition) is 0. The summed E-state index contributed by atoms with van der Waals surface area (Å²) in [6.07, 6.45) is 2.67. The molecule has 0 heterocycles. The first kappa shape index (κ1) is 16.3. The summed E-state index contributed by atoms with van der Waals surface area (Å²) in [5.74, 6) is 0. The second-order valence-corrected chi connectivity index (χ2v) is 6.92. The number of amides is 1. The average Bonchev–Trinajstić information content (AvgIpc) is 2.56. The summed E-state index contributed by atoms with van der Waals surface area (Å²) in [5, 5.41) is 0. The quantitative estimate of drug-likeness (QED) is 0.552. The fourth-order valence-electron chi connectivity index (χ4n) is 1.99. The van der Waals surface area contributed by atoms with Gasteiger partial charge in [-0.1, -0.05) is 0 Å². The predicted octanol–water partition coefficient (Wildman–Crippen LogP) is 3.02. The molecule has 0 aliphatic heterocycles. The topological polar surface area (TPSA) is 20.3 Å². The van der Waals surface area contributed by atoms with Crippen LogP contribution < -0.4 is 4.46 Å². The zero-order chi connectivity index (χ0) is 15.6. The van der Waals surface area contributed by atoms with E-state index in [9.17, 15) is 4.79 Å². The SMILES string of the molecule is C=C=CCN(CCc1ccccc1)C(=O)[Se]c1ccccc1. The van der Waals surface area contributed by atoms with Crippen LogP contribution in [0.5, 0.6) is 0 Å². The minimum absolute atomic E-state index is 0.188. The van der Waals surface area contributed by atoms with Crippen molar-refractivity contribution in [3.05, 3.63) is 84.6 Å². The Morgan fingerprint density at radius 3 is 2.36 bits per heavy atom. The van der Waals surface area contributed by atoms with Gasteiger partial charge in [0.05, 0.1) is 0 Å². The van der Waals surface area contributed by atoms with Gasteiger partial charge in [-0.3, -0.25) is 0 Å². The van der Waals surface area contributed by atoms with Crippen LogP contribution in [0.3, 0.4) is 0 Å². The molecule has 22 heavy (non-hydrogen) atoms. The first-order chi connectivity index (χ1) is 10.8. The van der Waals surface area contributed by atoms with Crippen LogP contribution in [0.2, 0.25) is 0 Å². The van der Waals surface area contributed by atoms with E-state index in [1.165, 1.54) is 5.56 Å². The molecule has 3 heteroatoms. The molecule has 0 saturated carbocycles. The molecule has 0 fully saturated rings. The average molecular weight is 356 g/mol. The van der Waals surface area contributed by atoms with Crippen LogP contribution in [-0.4, -0.2) is 37.8 Å². The van der Waals surface area contributed by atoms with Gasteiger partial charge in [-0.2, -0.15) is 0 Å². The molecular weight excluding hydrogens is 337 g/mol. The third-order valence-corrected chi connectivity index (χ3v) is 5.15. The molecule has 0 spiro atoms. The van der Waals surface area contributed by atoms with Gasteiger partial charge in [0.2, 0.25) is 0 Å². The Balaban J connectivity index is 1.98. The third kappa shape index (κ3) is 5.38. The zero-order valence-corrected chi connectivity index (χ0v) is 14.2. The standard InChI is InChI=1S/C19H19NOSe/c1-2-3-15-20(16-14-17-10-6-4-7-11-17)19(21)22-18-12-8-5-9-13-18/h3-13H,1,14-16H2. The number of carbonyl (C=O) groups is 1. The van der Waals surface area contributed by atoms with Gasteiger partial charge in [-0.15, -0.1) is 0 Å². The van der Waals surface area contributed by atoms with Crippen LogP contribution in [0, 0.1) is 0 Å². The molecule has 2 rings (SSSR count). The zero-order valence-electron chi connectivity index (χ0n) is 12.4. The van der Waals surface area contributed by atoms with Crippen molar-refractivity contribution < 1.29 is 4.79 Å². The fraction of sp³-hybridized carbons (Fsp3) is 0.158. The maximum absolute atomic E-state index is 12.5. The van der Waals surface area contributed by atoms with E-state index in [4.69, 9.17) is 0 Å². The van der Waals surface area contributed by atoms with Gasteiger partial charge in [-0.05, 0) is 0 Å². The van der Waals surface area contributed by atoms with Crippen LogP contribution in [-0.2, 0) is 6.42 Å². The minimum atomic E-state index is -0.188. The van der Waals surface area contributed by atoms with Crippen molar-refractivity contribution in [2.75, 3.05) is 13.1 Å². The normalized spacial score (nSPS) is 9.82. The fourth-order valence-corrected chi connectivity index (χ4v) is 3.65. The molecule has 0 aromatic heterocycles. The summed E-state index contributed by atoms with van der Waals surface area (Å²) in [6, 6.07) is 20.2. The summed E-state index contributed by atoms with van der Waals surface area (Å²) in [6.45, 7) is 4.87. The van der Waals surface area contributed by atoms with E-state index >= 15 is 0 Å². The maximum atomic E-state index is 12.5. The van der Waals surface area contributed by atoms with Crippen LogP contribution in [0.15, 0.2) is 79.0 Å². The van der Waals surface area contributed by atoms with Crippen molar-refractivity contribution in [1.82, 2.24) is 4.90 Å².